The molecule has 126 valence electrons. The maximum absolute atomic E-state index is 12.4. The number of methoxy groups -OCH3 is 1. The van der Waals surface area contributed by atoms with Crippen LogP contribution in [-0.4, -0.2) is 28.8 Å². The predicted octanol–water partition coefficient (Wildman–Crippen LogP) is 3.56. The van der Waals surface area contributed by atoms with Gasteiger partial charge in [0.1, 0.15) is 0 Å². The van der Waals surface area contributed by atoms with E-state index in [-0.39, 0.29) is 5.91 Å². The summed E-state index contributed by atoms with van der Waals surface area (Å²) < 4.78 is 6.26. The molecule has 0 radical (unpaired) electrons. The minimum Gasteiger partial charge on any atom is -0.465 e. The van der Waals surface area contributed by atoms with Crippen LogP contribution < -0.4 is 5.32 Å². The molecule has 7 heteroatoms. The smallest absolute Gasteiger partial charge is 0.337 e. The Morgan fingerprint density at radius 2 is 1.88 bits per heavy atom. The average Bonchev–Trinajstić information content (AvgIpc) is 3.14. The Hall–Kier alpha value is -3.12. The number of nitrogens with one attached hydrogen (secondary N) is 1. The zero-order valence-electron chi connectivity index (χ0n) is 13.3. The van der Waals surface area contributed by atoms with Gasteiger partial charge in [0.25, 0.3) is 5.91 Å². The molecule has 2 aromatic carbocycles. The number of para-hydroxylation sites is 1. The Morgan fingerprint density at radius 1 is 1.12 bits per heavy atom. The van der Waals surface area contributed by atoms with Crippen LogP contribution in [0.2, 0.25) is 5.02 Å². The van der Waals surface area contributed by atoms with Gasteiger partial charge >= 0.3 is 5.97 Å². The van der Waals surface area contributed by atoms with Crippen molar-refractivity contribution in [3.05, 3.63) is 77.1 Å². The number of carbonyl (C=O) groups is 2. The molecule has 0 aliphatic carbocycles. The number of aromatic nitrogens is 2. The third kappa shape index (κ3) is 3.70. The van der Waals surface area contributed by atoms with Gasteiger partial charge in [-0.05, 0) is 30.3 Å². The molecule has 0 bridgehead atoms. The van der Waals surface area contributed by atoms with Crippen LogP contribution in [0.15, 0.2) is 60.9 Å². The first-order valence-corrected chi connectivity index (χ1v) is 7.75. The lowest BCUT2D eigenvalue weighted by molar-refractivity contribution is 0.0600. The van der Waals surface area contributed by atoms with Crippen molar-refractivity contribution in [2.75, 3.05) is 12.4 Å². The number of hydrogen-bond acceptors (Lipinski definition) is 4. The molecule has 1 aromatic heterocycles. The van der Waals surface area contributed by atoms with E-state index in [2.05, 4.69) is 15.2 Å². The molecular weight excluding hydrogens is 342 g/mol. The van der Waals surface area contributed by atoms with Crippen molar-refractivity contribution in [1.82, 2.24) is 9.78 Å². The second-order valence-electron chi connectivity index (χ2n) is 5.15. The third-order valence-electron chi connectivity index (χ3n) is 3.50. The van der Waals surface area contributed by atoms with E-state index in [1.165, 1.54) is 31.5 Å². The summed E-state index contributed by atoms with van der Waals surface area (Å²) in [5, 5.41) is 7.17. The molecular formula is C18H14ClN3O3. The van der Waals surface area contributed by atoms with Gasteiger partial charge in [-0.3, -0.25) is 4.79 Å². The number of halogens is 1. The summed E-state index contributed by atoms with van der Waals surface area (Å²) in [4.78, 5) is 24.0. The van der Waals surface area contributed by atoms with E-state index in [1.54, 1.807) is 10.9 Å². The first-order chi connectivity index (χ1) is 12.1. The summed E-state index contributed by atoms with van der Waals surface area (Å²) in [7, 11) is 1.28. The van der Waals surface area contributed by atoms with Crippen molar-refractivity contribution >= 4 is 29.2 Å². The lowest BCUT2D eigenvalue weighted by Gasteiger charge is -2.08. The van der Waals surface area contributed by atoms with Crippen molar-refractivity contribution < 1.29 is 14.3 Å². The number of anilines is 1. The molecule has 0 saturated carbocycles. The minimum atomic E-state index is -0.510. The van der Waals surface area contributed by atoms with Gasteiger partial charge in [0, 0.05) is 6.20 Å². The van der Waals surface area contributed by atoms with Crippen LogP contribution in [0.5, 0.6) is 0 Å². The van der Waals surface area contributed by atoms with Crippen LogP contribution in [0.4, 0.5) is 5.69 Å². The number of hydrogen-bond donors (Lipinski definition) is 1. The molecule has 0 atom stereocenters. The number of carbonyl (C=O) groups excluding carboxylic acids is 2. The topological polar surface area (TPSA) is 73.2 Å². The predicted molar refractivity (Wildman–Crippen MR) is 94.3 cm³/mol. The first kappa shape index (κ1) is 16.7. The maximum Gasteiger partial charge on any atom is 0.337 e. The molecule has 0 unspecified atom stereocenters. The van der Waals surface area contributed by atoms with Crippen molar-refractivity contribution in [3.8, 4) is 5.69 Å². The molecule has 1 amide bonds. The molecule has 1 N–H and O–H groups in total. The Bertz CT molecular complexity index is 922. The van der Waals surface area contributed by atoms with Gasteiger partial charge in [-0.25, -0.2) is 9.48 Å². The van der Waals surface area contributed by atoms with Crippen LogP contribution in [-0.2, 0) is 4.74 Å². The van der Waals surface area contributed by atoms with E-state index in [0.717, 1.165) is 5.69 Å². The Morgan fingerprint density at radius 3 is 2.60 bits per heavy atom. The molecule has 25 heavy (non-hydrogen) atoms. The Balaban J connectivity index is 1.81. The summed E-state index contributed by atoms with van der Waals surface area (Å²) in [6, 6.07) is 13.9. The molecule has 0 saturated heterocycles. The lowest BCUT2D eigenvalue weighted by Crippen LogP contribution is -2.12. The number of ether oxygens (including phenoxy) is 1. The SMILES string of the molecule is COC(=O)c1ccc(Cl)c(NC(=O)c2cnn(-c3ccccc3)c2)c1. The van der Waals surface area contributed by atoms with Crippen LogP contribution in [0.3, 0.4) is 0 Å². The fourth-order valence-electron chi connectivity index (χ4n) is 2.22. The highest BCUT2D eigenvalue weighted by Crippen LogP contribution is 2.24. The molecule has 3 aromatic rings. The van der Waals surface area contributed by atoms with Crippen LogP contribution >= 0.6 is 11.6 Å². The van der Waals surface area contributed by atoms with E-state index >= 15 is 0 Å². The van der Waals surface area contributed by atoms with Crippen molar-refractivity contribution in [3.63, 3.8) is 0 Å². The average molecular weight is 356 g/mol. The van der Waals surface area contributed by atoms with E-state index in [1.807, 2.05) is 30.3 Å². The summed E-state index contributed by atoms with van der Waals surface area (Å²) in [6.07, 6.45) is 3.07. The fourth-order valence-corrected chi connectivity index (χ4v) is 2.39. The molecule has 0 fully saturated rings. The van der Waals surface area contributed by atoms with Crippen LogP contribution in [0, 0.1) is 0 Å². The van der Waals surface area contributed by atoms with E-state index in [0.29, 0.717) is 21.8 Å². The Kier molecular flexibility index (Phi) is 4.81. The van der Waals surface area contributed by atoms with Gasteiger partial charge in [-0.15, -0.1) is 0 Å². The Labute approximate surface area is 149 Å². The normalized spacial score (nSPS) is 10.3. The maximum atomic E-state index is 12.4. The summed E-state index contributed by atoms with van der Waals surface area (Å²) in [5.41, 5.74) is 1.82. The highest BCUT2D eigenvalue weighted by Gasteiger charge is 2.14. The standard InChI is InChI=1S/C18H14ClN3O3/c1-25-18(24)12-7-8-15(19)16(9-12)21-17(23)13-10-20-22(11-13)14-5-3-2-4-6-14/h2-11H,1H3,(H,21,23). The van der Waals surface area contributed by atoms with Crippen molar-refractivity contribution in [2.24, 2.45) is 0 Å². The second kappa shape index (κ2) is 7.19. The molecule has 0 aliphatic rings. The van der Waals surface area contributed by atoms with E-state index in [9.17, 15) is 9.59 Å². The first-order valence-electron chi connectivity index (χ1n) is 7.38. The van der Waals surface area contributed by atoms with Gasteiger partial charge in [-0.2, -0.15) is 5.10 Å². The largest absolute Gasteiger partial charge is 0.465 e. The van der Waals surface area contributed by atoms with Gasteiger partial charge < -0.3 is 10.1 Å². The number of nitrogens with zero attached hydrogens (tertiary/aromatic N) is 2. The number of amides is 1. The van der Waals surface area contributed by atoms with Gasteiger partial charge in [0.15, 0.2) is 0 Å². The van der Waals surface area contributed by atoms with Crippen LogP contribution in [0.1, 0.15) is 20.7 Å². The van der Waals surface area contributed by atoms with E-state index < -0.39 is 5.97 Å². The zero-order chi connectivity index (χ0) is 17.8. The minimum absolute atomic E-state index is 0.294. The fraction of sp³-hybridized carbons (Fsp3) is 0.0556. The highest BCUT2D eigenvalue weighted by atomic mass is 35.5. The zero-order valence-corrected chi connectivity index (χ0v) is 14.0. The number of benzene rings is 2. The van der Waals surface area contributed by atoms with Gasteiger partial charge in [-0.1, -0.05) is 29.8 Å². The monoisotopic (exact) mass is 355 g/mol. The van der Waals surface area contributed by atoms with Crippen LogP contribution in [0.25, 0.3) is 5.69 Å². The number of esters is 1. The summed E-state index contributed by atoms with van der Waals surface area (Å²) in [5.74, 6) is -0.893. The molecule has 0 aliphatic heterocycles. The number of rotatable bonds is 4. The third-order valence-corrected chi connectivity index (χ3v) is 3.83. The highest BCUT2D eigenvalue weighted by molar-refractivity contribution is 6.34. The van der Waals surface area contributed by atoms with Crippen molar-refractivity contribution in [2.45, 2.75) is 0 Å². The summed E-state index contributed by atoms with van der Waals surface area (Å²) in [6.45, 7) is 0. The molecule has 3 rings (SSSR count). The second-order valence-corrected chi connectivity index (χ2v) is 5.56. The van der Waals surface area contributed by atoms with E-state index in [4.69, 9.17) is 11.6 Å². The summed E-state index contributed by atoms with van der Waals surface area (Å²) >= 11 is 6.09. The molecule has 0 spiro atoms. The quantitative estimate of drug-likeness (QED) is 0.726. The lowest BCUT2D eigenvalue weighted by atomic mass is 10.2. The molecule has 6 nitrogen and oxygen atoms in total. The van der Waals surface area contributed by atoms with Gasteiger partial charge in [0.05, 0.1) is 40.8 Å². The molecule has 1 heterocycles. The van der Waals surface area contributed by atoms with Crippen molar-refractivity contribution in [1.29, 1.82) is 0 Å². The van der Waals surface area contributed by atoms with Gasteiger partial charge in [0.2, 0.25) is 0 Å².